The highest BCUT2D eigenvalue weighted by Gasteiger charge is 2.19. The van der Waals surface area contributed by atoms with Crippen molar-refractivity contribution in [3.05, 3.63) is 55.1 Å². The van der Waals surface area contributed by atoms with Crippen LogP contribution in [0, 0.1) is 0 Å². The number of fused-ring (bicyclic) bond motifs is 1. The van der Waals surface area contributed by atoms with Gasteiger partial charge in [-0.25, -0.2) is 9.50 Å². The number of nitrogens with two attached hydrogens (primary N) is 1. The number of benzene rings is 1. The molecular weight excluding hydrogens is 394 g/mol. The number of aryl methyl sites for hydroxylation is 2. The van der Waals surface area contributed by atoms with Crippen molar-refractivity contribution >= 4 is 22.8 Å². The normalized spacial score (nSPS) is 11.2. The summed E-state index contributed by atoms with van der Waals surface area (Å²) in [6.45, 7) is 0. The Morgan fingerprint density at radius 2 is 1.81 bits per heavy atom. The van der Waals surface area contributed by atoms with Crippen molar-refractivity contribution in [1.82, 2.24) is 34.2 Å². The molecule has 3 N–H and O–H groups in total. The number of methoxy groups -OCH3 is 1. The number of rotatable bonds is 5. The van der Waals surface area contributed by atoms with Crippen LogP contribution in [0.3, 0.4) is 0 Å². The smallest absolute Gasteiger partial charge is 0.152 e. The van der Waals surface area contributed by atoms with Gasteiger partial charge >= 0.3 is 0 Å². The monoisotopic (exact) mass is 415 g/mol. The number of nitrogens with zero attached hydrogens (tertiary/aromatic N) is 7. The molecule has 0 unspecified atom stereocenters. The van der Waals surface area contributed by atoms with Crippen LogP contribution in [-0.4, -0.2) is 41.3 Å². The van der Waals surface area contributed by atoms with Gasteiger partial charge in [-0.1, -0.05) is 6.07 Å². The Morgan fingerprint density at radius 3 is 2.52 bits per heavy atom. The lowest BCUT2D eigenvalue weighted by Gasteiger charge is -2.11. The van der Waals surface area contributed by atoms with Crippen LogP contribution in [0.25, 0.3) is 28.0 Å². The third kappa shape index (κ3) is 3.23. The van der Waals surface area contributed by atoms with Crippen LogP contribution in [0.15, 0.2) is 55.1 Å². The summed E-state index contributed by atoms with van der Waals surface area (Å²) < 4.78 is 10.9. The Labute approximate surface area is 177 Å². The minimum Gasteiger partial charge on any atom is -0.495 e. The van der Waals surface area contributed by atoms with Gasteiger partial charge in [0.1, 0.15) is 23.3 Å². The lowest BCUT2D eigenvalue weighted by molar-refractivity contribution is 0.417. The van der Waals surface area contributed by atoms with Crippen molar-refractivity contribution in [3.63, 3.8) is 0 Å². The van der Waals surface area contributed by atoms with Crippen LogP contribution < -0.4 is 15.8 Å². The van der Waals surface area contributed by atoms with Crippen molar-refractivity contribution in [2.45, 2.75) is 0 Å². The molecule has 0 bridgehead atoms. The van der Waals surface area contributed by atoms with Crippen LogP contribution in [-0.2, 0) is 14.1 Å². The lowest BCUT2D eigenvalue weighted by Crippen LogP contribution is -2.01. The van der Waals surface area contributed by atoms with E-state index in [9.17, 15) is 0 Å². The minimum atomic E-state index is 0.391. The highest BCUT2D eigenvalue weighted by atomic mass is 16.5. The summed E-state index contributed by atoms with van der Waals surface area (Å²) in [6.07, 6.45) is 5.21. The van der Waals surface area contributed by atoms with Gasteiger partial charge in [-0.3, -0.25) is 9.36 Å². The minimum absolute atomic E-state index is 0.391. The Morgan fingerprint density at radius 1 is 1.00 bits per heavy atom. The highest BCUT2D eigenvalue weighted by Crippen LogP contribution is 2.38. The molecule has 31 heavy (non-hydrogen) atoms. The van der Waals surface area contributed by atoms with Crippen LogP contribution in [0.2, 0.25) is 0 Å². The molecular formula is C21H21N9O. The molecule has 0 saturated carbocycles. The number of aromatic nitrogens is 7. The average molecular weight is 415 g/mol. The zero-order valence-electron chi connectivity index (χ0n) is 17.3. The molecule has 1 aromatic carbocycles. The summed E-state index contributed by atoms with van der Waals surface area (Å²) in [4.78, 5) is 4.19. The lowest BCUT2D eigenvalue weighted by atomic mass is 10.1. The van der Waals surface area contributed by atoms with E-state index >= 15 is 0 Å². The van der Waals surface area contributed by atoms with Gasteiger partial charge in [0.05, 0.1) is 18.5 Å². The fraction of sp³-hybridized carbons (Fsp3) is 0.143. The van der Waals surface area contributed by atoms with E-state index in [1.807, 2.05) is 62.9 Å². The van der Waals surface area contributed by atoms with E-state index in [1.165, 1.54) is 6.33 Å². The first-order valence-corrected chi connectivity index (χ1v) is 9.61. The second-order valence-corrected chi connectivity index (χ2v) is 7.14. The van der Waals surface area contributed by atoms with Crippen molar-refractivity contribution in [2.75, 3.05) is 18.2 Å². The third-order valence-electron chi connectivity index (χ3n) is 5.05. The molecule has 5 aromatic rings. The summed E-state index contributed by atoms with van der Waals surface area (Å²) in [5.74, 6) is 1.80. The maximum absolute atomic E-state index is 6.24. The molecule has 0 saturated heterocycles. The van der Waals surface area contributed by atoms with Crippen LogP contribution in [0.1, 0.15) is 0 Å². The van der Waals surface area contributed by atoms with Gasteiger partial charge in [0.25, 0.3) is 0 Å². The van der Waals surface area contributed by atoms with Crippen LogP contribution in [0.4, 0.5) is 17.3 Å². The standard InChI is InChI=1S/C21H21N9O/c1-28-8-6-15(26-28)17-11-14(20-21(22)23-12-24-30(17)20)13-4-5-16(18(10-13)31-3)25-19-7-9-29(2)27-19/h4-12H,1-3H3,(H,25,27)(H2,22,23,24). The van der Waals surface area contributed by atoms with E-state index in [0.29, 0.717) is 11.6 Å². The summed E-state index contributed by atoms with van der Waals surface area (Å²) in [6, 6.07) is 11.7. The van der Waals surface area contributed by atoms with Crippen LogP contribution >= 0.6 is 0 Å². The molecule has 4 heterocycles. The average Bonchev–Trinajstić information content (AvgIpc) is 3.47. The summed E-state index contributed by atoms with van der Waals surface area (Å²) in [5, 5.41) is 16.6. The van der Waals surface area contributed by atoms with E-state index in [1.54, 1.807) is 21.0 Å². The molecule has 0 aliphatic carbocycles. The predicted molar refractivity (Wildman–Crippen MR) is 118 cm³/mol. The van der Waals surface area contributed by atoms with Crippen molar-refractivity contribution in [2.24, 2.45) is 14.1 Å². The van der Waals surface area contributed by atoms with Crippen LogP contribution in [0.5, 0.6) is 5.75 Å². The molecule has 0 fully saturated rings. The number of nitrogens with one attached hydrogen (secondary N) is 1. The van der Waals surface area contributed by atoms with Gasteiger partial charge in [0.2, 0.25) is 0 Å². The van der Waals surface area contributed by atoms with Gasteiger partial charge in [0, 0.05) is 38.1 Å². The van der Waals surface area contributed by atoms with Crippen molar-refractivity contribution < 1.29 is 4.74 Å². The topological polar surface area (TPSA) is 113 Å². The Kier molecular flexibility index (Phi) is 4.32. The summed E-state index contributed by atoms with van der Waals surface area (Å²) in [7, 11) is 5.38. The predicted octanol–water partition coefficient (Wildman–Crippen LogP) is 2.86. The van der Waals surface area contributed by atoms with E-state index in [-0.39, 0.29) is 0 Å². The van der Waals surface area contributed by atoms with Crippen molar-refractivity contribution in [1.29, 1.82) is 0 Å². The number of hydrogen-bond donors (Lipinski definition) is 2. The third-order valence-corrected chi connectivity index (χ3v) is 5.05. The SMILES string of the molecule is COc1cc(-c2cc(-c3ccn(C)n3)n3ncnc(N)c23)ccc1Nc1ccn(C)n1. The Balaban J connectivity index is 1.63. The molecule has 0 radical (unpaired) electrons. The van der Waals surface area contributed by atoms with E-state index in [0.717, 1.165) is 39.5 Å². The maximum Gasteiger partial charge on any atom is 0.152 e. The van der Waals surface area contributed by atoms with Gasteiger partial charge in [-0.15, -0.1) is 0 Å². The number of ether oxygens (including phenoxy) is 1. The Hall–Kier alpha value is -4.34. The first-order valence-electron chi connectivity index (χ1n) is 9.61. The van der Waals surface area contributed by atoms with Gasteiger partial charge < -0.3 is 15.8 Å². The fourth-order valence-electron chi connectivity index (χ4n) is 3.60. The first kappa shape index (κ1) is 18.7. The molecule has 0 spiro atoms. The second-order valence-electron chi connectivity index (χ2n) is 7.14. The number of hydrogen-bond acceptors (Lipinski definition) is 7. The van der Waals surface area contributed by atoms with Gasteiger partial charge in [-0.2, -0.15) is 15.3 Å². The summed E-state index contributed by atoms with van der Waals surface area (Å²) >= 11 is 0. The number of nitrogen functional groups attached to an aromatic ring is 1. The zero-order chi connectivity index (χ0) is 21.5. The van der Waals surface area contributed by atoms with E-state index in [4.69, 9.17) is 10.5 Å². The van der Waals surface area contributed by atoms with E-state index < -0.39 is 0 Å². The molecule has 156 valence electrons. The molecule has 0 atom stereocenters. The number of anilines is 3. The maximum atomic E-state index is 6.24. The quantitative estimate of drug-likeness (QED) is 0.454. The summed E-state index contributed by atoms with van der Waals surface area (Å²) in [5.41, 5.74) is 11.2. The fourth-order valence-corrected chi connectivity index (χ4v) is 3.60. The zero-order valence-corrected chi connectivity index (χ0v) is 17.3. The first-order chi connectivity index (χ1) is 15.0. The largest absolute Gasteiger partial charge is 0.495 e. The van der Waals surface area contributed by atoms with Crippen molar-refractivity contribution in [3.8, 4) is 28.3 Å². The molecule has 0 amide bonds. The molecule has 4 aromatic heterocycles. The Bertz CT molecular complexity index is 1400. The molecule has 5 rings (SSSR count). The van der Waals surface area contributed by atoms with Gasteiger partial charge in [0.15, 0.2) is 11.6 Å². The van der Waals surface area contributed by atoms with Gasteiger partial charge in [-0.05, 0) is 29.8 Å². The second kappa shape index (κ2) is 7.17. The highest BCUT2D eigenvalue weighted by molar-refractivity contribution is 5.92. The molecule has 0 aliphatic rings. The van der Waals surface area contributed by atoms with E-state index in [2.05, 4.69) is 25.6 Å². The molecule has 10 nitrogen and oxygen atoms in total. The molecule has 10 heteroatoms. The molecule has 0 aliphatic heterocycles.